The van der Waals surface area contributed by atoms with Crippen molar-refractivity contribution in [1.29, 1.82) is 0 Å². The Balaban J connectivity index is 0.000000189. The SMILES string of the molecule is C#Cc1ccc(C2CCN(C(=O)c3ccc(C)c(Nc4n[nH]c(C(C)C)n4)c3)CC2)nc1.C#Cc1ccc(C2CCN(C(=O)c3ccc(C)c(Nc4n[nH]c(CC)n4)c3)CC2)cc1. The van der Waals surface area contributed by atoms with Gasteiger partial charge < -0.3 is 20.4 Å². The number of hydrogen-bond acceptors (Lipinski definition) is 9. The van der Waals surface area contributed by atoms with Crippen LogP contribution in [0.15, 0.2) is 79.0 Å². The highest BCUT2D eigenvalue weighted by Gasteiger charge is 2.27. The van der Waals surface area contributed by atoms with Gasteiger partial charge in [-0.3, -0.25) is 24.8 Å². The first-order chi connectivity index (χ1) is 30.5. The van der Waals surface area contributed by atoms with Crippen LogP contribution in [-0.4, -0.2) is 83.1 Å². The first kappa shape index (κ1) is 43.8. The number of hydrogen-bond donors (Lipinski definition) is 4. The Morgan fingerprint density at radius 3 is 1.71 bits per heavy atom. The minimum Gasteiger partial charge on any atom is -0.339 e. The predicted octanol–water partition coefficient (Wildman–Crippen LogP) is 8.80. The van der Waals surface area contributed by atoms with E-state index >= 15 is 0 Å². The molecule has 2 saturated heterocycles. The molecule has 2 fully saturated rings. The van der Waals surface area contributed by atoms with Crippen molar-refractivity contribution in [2.45, 2.75) is 84.5 Å². The number of carbonyl (C=O) groups excluding carboxylic acids is 2. The highest BCUT2D eigenvalue weighted by Crippen LogP contribution is 2.31. The molecule has 2 aliphatic heterocycles. The summed E-state index contributed by atoms with van der Waals surface area (Å²) < 4.78 is 0. The molecule has 0 bridgehead atoms. The summed E-state index contributed by atoms with van der Waals surface area (Å²) in [5.41, 5.74) is 9.10. The molecule has 0 unspecified atom stereocenters. The van der Waals surface area contributed by atoms with Crippen LogP contribution >= 0.6 is 0 Å². The summed E-state index contributed by atoms with van der Waals surface area (Å²) in [5.74, 6) is 9.10. The fourth-order valence-electron chi connectivity index (χ4n) is 7.86. The molecule has 4 N–H and O–H groups in total. The van der Waals surface area contributed by atoms with Crippen LogP contribution in [0, 0.1) is 38.5 Å². The Bertz CT molecular complexity index is 2600. The van der Waals surface area contributed by atoms with Gasteiger partial charge in [-0.1, -0.05) is 56.9 Å². The lowest BCUT2D eigenvalue weighted by atomic mass is 9.89. The number of aromatic nitrogens is 7. The van der Waals surface area contributed by atoms with Crippen molar-refractivity contribution in [2.24, 2.45) is 0 Å². The van der Waals surface area contributed by atoms with Crippen molar-refractivity contribution in [1.82, 2.24) is 45.1 Å². The Morgan fingerprint density at radius 2 is 1.24 bits per heavy atom. The maximum atomic E-state index is 13.2. The number of anilines is 4. The largest absolute Gasteiger partial charge is 0.339 e. The predicted molar refractivity (Wildman–Crippen MR) is 247 cm³/mol. The number of piperidine rings is 2. The summed E-state index contributed by atoms with van der Waals surface area (Å²) in [6.07, 6.45) is 17.1. The third kappa shape index (κ3) is 10.8. The standard InChI is InChI=1S/C25H28N6O.C25H27N5O/c1-5-18-7-9-21(26-15-18)19-10-12-31(13-11-19)24(32)20-8-6-17(4)22(14-20)27-25-28-23(16(2)3)29-30-25;1-4-18-7-10-19(11-8-18)20-12-14-30(15-13-20)24(31)21-9-6-17(3)22(16-21)26-25-27-23(5-2)28-29-25/h1,6-9,14-16,19H,10-13H2,2-4H3,(H2,27,28,29,30);1,6-11,16,20H,5,12-15H2,2-3H3,(H2,26,27,28,29). The number of nitrogens with zero attached hydrogens (tertiary/aromatic N) is 7. The lowest BCUT2D eigenvalue weighted by molar-refractivity contribution is 0.0705. The summed E-state index contributed by atoms with van der Waals surface area (Å²) in [5, 5.41) is 20.7. The van der Waals surface area contributed by atoms with Crippen LogP contribution in [-0.2, 0) is 6.42 Å². The second-order valence-corrected chi connectivity index (χ2v) is 16.5. The van der Waals surface area contributed by atoms with Gasteiger partial charge >= 0.3 is 0 Å². The third-order valence-corrected chi connectivity index (χ3v) is 11.9. The summed E-state index contributed by atoms with van der Waals surface area (Å²) >= 11 is 0. The molecule has 8 rings (SSSR count). The molecular formula is C50H55N11O2. The fraction of sp³-hybridized carbons (Fsp3) is 0.340. The summed E-state index contributed by atoms with van der Waals surface area (Å²) in [4.78, 5) is 43.5. The number of H-pyrrole nitrogens is 2. The van der Waals surface area contributed by atoms with E-state index in [1.54, 1.807) is 6.20 Å². The second kappa shape index (κ2) is 20.1. The topological polar surface area (TPSA) is 161 Å². The molecule has 0 radical (unpaired) electrons. The first-order valence-electron chi connectivity index (χ1n) is 21.7. The average Bonchev–Trinajstić information content (AvgIpc) is 4.00. The number of nitrogens with one attached hydrogen (secondary N) is 4. The summed E-state index contributed by atoms with van der Waals surface area (Å²) in [6.45, 7) is 13.0. The summed E-state index contributed by atoms with van der Waals surface area (Å²) in [6, 6.07) is 23.6. The maximum Gasteiger partial charge on any atom is 0.253 e. The Kier molecular flexibility index (Phi) is 14.0. The highest BCUT2D eigenvalue weighted by atomic mass is 16.2. The second-order valence-electron chi connectivity index (χ2n) is 16.5. The van der Waals surface area contributed by atoms with Crippen molar-refractivity contribution in [2.75, 3.05) is 36.8 Å². The molecule has 322 valence electrons. The van der Waals surface area contributed by atoms with Gasteiger partial charge in [0.25, 0.3) is 11.8 Å². The van der Waals surface area contributed by atoms with Crippen molar-refractivity contribution in [3.63, 3.8) is 0 Å². The van der Waals surface area contributed by atoms with Gasteiger partial charge in [-0.05, 0) is 111 Å². The molecule has 2 aliphatic rings. The zero-order valence-electron chi connectivity index (χ0n) is 36.7. The van der Waals surface area contributed by atoms with Gasteiger partial charge in [0.05, 0.1) is 0 Å². The number of likely N-dealkylation sites (tertiary alicyclic amines) is 2. The molecule has 3 aromatic carbocycles. The lowest BCUT2D eigenvalue weighted by Crippen LogP contribution is -2.38. The van der Waals surface area contributed by atoms with Crippen LogP contribution in [0.5, 0.6) is 0 Å². The zero-order chi connectivity index (χ0) is 44.5. The number of terminal acetylenes is 2. The zero-order valence-corrected chi connectivity index (χ0v) is 36.7. The van der Waals surface area contributed by atoms with Gasteiger partial charge in [-0.2, -0.15) is 9.97 Å². The molecule has 5 heterocycles. The first-order valence-corrected chi connectivity index (χ1v) is 21.7. The third-order valence-electron chi connectivity index (χ3n) is 11.9. The van der Waals surface area contributed by atoms with Gasteiger partial charge in [0.15, 0.2) is 0 Å². The molecule has 13 nitrogen and oxygen atoms in total. The van der Waals surface area contributed by atoms with Crippen molar-refractivity contribution < 1.29 is 9.59 Å². The smallest absolute Gasteiger partial charge is 0.253 e. The number of rotatable bonds is 10. The Labute approximate surface area is 369 Å². The van der Waals surface area contributed by atoms with Crippen LogP contribution in [0.25, 0.3) is 0 Å². The minimum absolute atomic E-state index is 0.0417. The molecule has 6 aromatic rings. The Hall–Kier alpha value is -7.25. The van der Waals surface area contributed by atoms with Gasteiger partial charge in [0.2, 0.25) is 11.9 Å². The molecule has 3 aromatic heterocycles. The van der Waals surface area contributed by atoms with Crippen LogP contribution in [0.2, 0.25) is 0 Å². The van der Waals surface area contributed by atoms with Crippen molar-refractivity contribution >= 4 is 35.1 Å². The quantitative estimate of drug-likeness (QED) is 0.0989. The van der Waals surface area contributed by atoms with Gasteiger partial charge in [0, 0.05) is 90.0 Å². The number of pyridine rings is 1. The molecule has 0 spiro atoms. The number of benzene rings is 3. The van der Waals surface area contributed by atoms with Crippen LogP contribution in [0.1, 0.15) is 130 Å². The van der Waals surface area contributed by atoms with E-state index < -0.39 is 0 Å². The van der Waals surface area contributed by atoms with E-state index in [9.17, 15) is 9.59 Å². The van der Waals surface area contributed by atoms with E-state index in [4.69, 9.17) is 12.8 Å². The van der Waals surface area contributed by atoms with Crippen LogP contribution in [0.4, 0.5) is 23.3 Å². The fourth-order valence-corrected chi connectivity index (χ4v) is 7.86. The minimum atomic E-state index is 0.0417. The number of aromatic amines is 2. The van der Waals surface area contributed by atoms with Crippen LogP contribution in [0.3, 0.4) is 0 Å². The van der Waals surface area contributed by atoms with E-state index in [0.717, 1.165) is 96.2 Å². The molecule has 63 heavy (non-hydrogen) atoms. The lowest BCUT2D eigenvalue weighted by Gasteiger charge is -2.32. The molecular weight excluding hydrogens is 787 g/mol. The van der Waals surface area contributed by atoms with Crippen molar-refractivity contribution in [3.05, 3.63) is 135 Å². The Morgan fingerprint density at radius 1 is 0.714 bits per heavy atom. The molecule has 13 heteroatoms. The number of aryl methyl sites for hydroxylation is 3. The average molecular weight is 842 g/mol. The molecule has 2 amide bonds. The molecule has 0 aliphatic carbocycles. The van der Waals surface area contributed by atoms with E-state index in [1.807, 2.05) is 91.2 Å². The normalized spacial score (nSPS) is 14.3. The number of carbonyl (C=O) groups is 2. The van der Waals surface area contributed by atoms with Crippen LogP contribution < -0.4 is 10.6 Å². The van der Waals surface area contributed by atoms with Gasteiger partial charge in [-0.15, -0.1) is 23.0 Å². The monoisotopic (exact) mass is 841 g/mol. The van der Waals surface area contributed by atoms with E-state index in [2.05, 4.69) is 83.8 Å². The molecule has 0 atom stereocenters. The molecule has 0 saturated carbocycles. The van der Waals surface area contributed by atoms with E-state index in [0.29, 0.717) is 47.9 Å². The summed E-state index contributed by atoms with van der Waals surface area (Å²) in [7, 11) is 0. The van der Waals surface area contributed by atoms with E-state index in [-0.39, 0.29) is 17.7 Å². The maximum absolute atomic E-state index is 13.2. The highest BCUT2D eigenvalue weighted by molar-refractivity contribution is 5.96. The van der Waals surface area contributed by atoms with Gasteiger partial charge in [-0.25, -0.2) is 0 Å². The number of amides is 2. The van der Waals surface area contributed by atoms with Crippen molar-refractivity contribution in [3.8, 4) is 24.7 Å². The van der Waals surface area contributed by atoms with Gasteiger partial charge in [0.1, 0.15) is 11.6 Å². The van der Waals surface area contributed by atoms with E-state index in [1.165, 1.54) is 5.56 Å².